The van der Waals surface area contributed by atoms with Gasteiger partial charge in [-0.05, 0) is 30.9 Å². The Balaban J connectivity index is 4.76. The minimum Gasteiger partial charge on any atom is -0.281 e. The van der Waals surface area contributed by atoms with Crippen molar-refractivity contribution in [3.8, 4) is 0 Å². The molecule has 0 heterocycles. The third-order valence-corrected chi connectivity index (χ3v) is 2.42. The minimum atomic E-state index is -0.577. The smallest absolute Gasteiger partial charge is 0.228 e. The molecule has 0 saturated heterocycles. The van der Waals surface area contributed by atoms with Gasteiger partial charge < -0.3 is 0 Å². The van der Waals surface area contributed by atoms with Crippen LogP contribution in [0.2, 0.25) is 0 Å². The van der Waals surface area contributed by atoms with Crippen LogP contribution in [0.25, 0.3) is 0 Å². The largest absolute Gasteiger partial charge is 0.281 e. The van der Waals surface area contributed by atoms with Crippen molar-refractivity contribution in [2.45, 2.75) is 19.3 Å². The fourth-order valence-electron chi connectivity index (χ4n) is 1.32. The highest BCUT2D eigenvalue weighted by Crippen LogP contribution is 2.34. The average molecular weight is 199 g/mol. The summed E-state index contributed by atoms with van der Waals surface area (Å²) in [5.41, 5.74) is -0.577. The van der Waals surface area contributed by atoms with E-state index in [2.05, 4.69) is 19.7 Å². The summed E-state index contributed by atoms with van der Waals surface area (Å²) in [4.78, 5) is 11.3. The van der Waals surface area contributed by atoms with E-state index in [4.69, 9.17) is 11.6 Å². The molecule has 0 N–H and O–H groups in total. The molecule has 0 amide bonds. The van der Waals surface area contributed by atoms with Crippen molar-refractivity contribution < 1.29 is 4.79 Å². The highest BCUT2D eigenvalue weighted by molar-refractivity contribution is 6.64. The molecule has 0 saturated carbocycles. The Morgan fingerprint density at radius 1 is 1.08 bits per heavy atom. The number of carbonyl (C=O) groups excluding carboxylic acids is 1. The summed E-state index contributed by atoms with van der Waals surface area (Å²) in [5, 5.41) is -0.341. The van der Waals surface area contributed by atoms with Crippen LogP contribution in [-0.2, 0) is 4.79 Å². The first kappa shape index (κ1) is 12.2. The molecule has 0 aliphatic heterocycles. The second-order valence-corrected chi connectivity index (χ2v) is 3.38. The Bertz CT molecular complexity index is 192. The Hall–Kier alpha value is -0.820. The number of carbonyl (C=O) groups is 1. The number of hydrogen-bond donors (Lipinski definition) is 0. The topological polar surface area (TPSA) is 17.1 Å². The van der Waals surface area contributed by atoms with Gasteiger partial charge in [0.1, 0.15) is 0 Å². The van der Waals surface area contributed by atoms with Gasteiger partial charge in [-0.15, -0.1) is 19.7 Å². The predicted molar refractivity (Wildman–Crippen MR) is 57.7 cm³/mol. The fourth-order valence-corrected chi connectivity index (χ4v) is 1.55. The van der Waals surface area contributed by atoms with Crippen molar-refractivity contribution in [1.29, 1.82) is 0 Å². The van der Waals surface area contributed by atoms with Crippen LogP contribution in [0.15, 0.2) is 38.0 Å². The molecule has 72 valence electrons. The van der Waals surface area contributed by atoms with Gasteiger partial charge in [0.2, 0.25) is 5.24 Å². The molecular weight excluding hydrogens is 184 g/mol. The molecule has 1 nitrogen and oxygen atoms in total. The van der Waals surface area contributed by atoms with Crippen molar-refractivity contribution in [3.05, 3.63) is 38.0 Å². The highest BCUT2D eigenvalue weighted by atomic mass is 35.5. The predicted octanol–water partition coefficient (Wildman–Crippen LogP) is 3.47. The molecule has 0 radical (unpaired) electrons. The summed E-state index contributed by atoms with van der Waals surface area (Å²) in [6, 6.07) is 0. The molecule has 0 rings (SSSR count). The summed E-state index contributed by atoms with van der Waals surface area (Å²) < 4.78 is 0. The van der Waals surface area contributed by atoms with Gasteiger partial charge in [0.05, 0.1) is 5.41 Å². The minimum absolute atomic E-state index is 0.341. The van der Waals surface area contributed by atoms with Gasteiger partial charge in [-0.3, -0.25) is 4.79 Å². The quantitative estimate of drug-likeness (QED) is 0.452. The number of rotatable bonds is 7. The first-order valence-electron chi connectivity index (χ1n) is 4.15. The maximum atomic E-state index is 11.3. The van der Waals surface area contributed by atoms with Gasteiger partial charge in [0, 0.05) is 0 Å². The van der Waals surface area contributed by atoms with Crippen LogP contribution < -0.4 is 0 Å². The van der Waals surface area contributed by atoms with Crippen molar-refractivity contribution in [3.63, 3.8) is 0 Å². The summed E-state index contributed by atoms with van der Waals surface area (Å²) in [5.74, 6) is 0. The highest BCUT2D eigenvalue weighted by Gasteiger charge is 2.33. The summed E-state index contributed by atoms with van der Waals surface area (Å²) in [6.07, 6.45) is 6.79. The van der Waals surface area contributed by atoms with E-state index in [0.717, 1.165) is 0 Å². The Morgan fingerprint density at radius 2 is 1.38 bits per heavy atom. The Kier molecular flexibility index (Phi) is 5.40. The van der Waals surface area contributed by atoms with E-state index >= 15 is 0 Å². The molecule has 0 aliphatic rings. The van der Waals surface area contributed by atoms with Crippen LogP contribution >= 0.6 is 11.6 Å². The van der Waals surface area contributed by atoms with Crippen LogP contribution in [0.1, 0.15) is 19.3 Å². The van der Waals surface area contributed by atoms with Crippen molar-refractivity contribution in [1.82, 2.24) is 0 Å². The molecule has 0 aliphatic carbocycles. The lowest BCUT2D eigenvalue weighted by Crippen LogP contribution is -2.25. The van der Waals surface area contributed by atoms with E-state index in [-0.39, 0.29) is 5.24 Å². The standard InChI is InChI=1S/C11H15ClO/c1-4-7-11(8-5-2,9-6-3)10(12)13/h4-6H,1-3,7-9H2. The zero-order valence-corrected chi connectivity index (χ0v) is 8.52. The lowest BCUT2D eigenvalue weighted by atomic mass is 9.79. The Labute approximate surface area is 84.8 Å². The summed E-state index contributed by atoms with van der Waals surface area (Å²) in [6.45, 7) is 10.8. The number of halogens is 1. The molecule has 0 aromatic carbocycles. The number of allylic oxidation sites excluding steroid dienone is 3. The van der Waals surface area contributed by atoms with Crippen LogP contribution in [0.5, 0.6) is 0 Å². The van der Waals surface area contributed by atoms with Gasteiger partial charge in [0.25, 0.3) is 0 Å². The second-order valence-electron chi connectivity index (χ2n) is 3.03. The van der Waals surface area contributed by atoms with Gasteiger partial charge in [-0.25, -0.2) is 0 Å². The molecule has 0 bridgehead atoms. The Morgan fingerprint density at radius 3 is 1.54 bits per heavy atom. The average Bonchev–Trinajstić information content (AvgIpc) is 2.05. The molecule has 0 atom stereocenters. The van der Waals surface area contributed by atoms with Gasteiger partial charge in [-0.1, -0.05) is 18.2 Å². The van der Waals surface area contributed by atoms with Crippen molar-refractivity contribution >= 4 is 16.8 Å². The lowest BCUT2D eigenvalue weighted by Gasteiger charge is -2.25. The van der Waals surface area contributed by atoms with Gasteiger partial charge in [0.15, 0.2) is 0 Å². The van der Waals surface area contributed by atoms with E-state index in [1.54, 1.807) is 18.2 Å². The zero-order valence-electron chi connectivity index (χ0n) is 7.76. The van der Waals surface area contributed by atoms with E-state index in [1.807, 2.05) is 0 Å². The molecule has 0 fully saturated rings. The molecule has 2 heteroatoms. The first-order chi connectivity index (χ1) is 6.13. The summed E-state index contributed by atoms with van der Waals surface area (Å²) >= 11 is 5.55. The van der Waals surface area contributed by atoms with Crippen LogP contribution in [0.3, 0.4) is 0 Å². The zero-order chi connectivity index (χ0) is 10.3. The van der Waals surface area contributed by atoms with Crippen molar-refractivity contribution in [2.24, 2.45) is 5.41 Å². The summed E-state index contributed by atoms with van der Waals surface area (Å²) in [7, 11) is 0. The molecule has 13 heavy (non-hydrogen) atoms. The first-order valence-corrected chi connectivity index (χ1v) is 4.53. The molecular formula is C11H15ClO. The molecule has 0 aromatic heterocycles. The van der Waals surface area contributed by atoms with E-state index in [1.165, 1.54) is 0 Å². The van der Waals surface area contributed by atoms with Crippen LogP contribution in [0.4, 0.5) is 0 Å². The van der Waals surface area contributed by atoms with E-state index in [9.17, 15) is 4.79 Å². The third kappa shape index (κ3) is 3.19. The lowest BCUT2D eigenvalue weighted by molar-refractivity contribution is -0.120. The van der Waals surface area contributed by atoms with Gasteiger partial charge >= 0.3 is 0 Å². The third-order valence-electron chi connectivity index (χ3n) is 2.02. The van der Waals surface area contributed by atoms with Crippen LogP contribution in [0, 0.1) is 5.41 Å². The number of hydrogen-bond acceptors (Lipinski definition) is 1. The van der Waals surface area contributed by atoms with Crippen LogP contribution in [-0.4, -0.2) is 5.24 Å². The maximum absolute atomic E-state index is 11.3. The SMILES string of the molecule is C=CCC(CC=C)(CC=C)C(=O)Cl. The molecule has 0 spiro atoms. The monoisotopic (exact) mass is 198 g/mol. The normalized spacial score (nSPS) is 10.5. The molecule has 0 aromatic rings. The second kappa shape index (κ2) is 5.76. The van der Waals surface area contributed by atoms with E-state index in [0.29, 0.717) is 19.3 Å². The van der Waals surface area contributed by atoms with E-state index < -0.39 is 5.41 Å². The van der Waals surface area contributed by atoms with Gasteiger partial charge in [-0.2, -0.15) is 0 Å². The fraction of sp³-hybridized carbons (Fsp3) is 0.364. The maximum Gasteiger partial charge on any atom is 0.228 e. The van der Waals surface area contributed by atoms with Crippen molar-refractivity contribution in [2.75, 3.05) is 0 Å². The molecule has 0 unspecified atom stereocenters.